The first-order valence-corrected chi connectivity index (χ1v) is 35.6. The highest BCUT2D eigenvalue weighted by atomic mass is 35.5. The average Bonchev–Trinajstić information content (AvgIpc) is 4.26. The van der Waals surface area contributed by atoms with E-state index in [0.29, 0.717) is 35.6 Å². The van der Waals surface area contributed by atoms with Crippen molar-refractivity contribution in [1.82, 2.24) is 0 Å². The molecule has 0 aromatic heterocycles. The average molecular weight is 1300 g/mol. The topological polar surface area (TPSA) is 136 Å². The number of alkyl halides is 5. The van der Waals surface area contributed by atoms with Gasteiger partial charge in [-0.3, -0.25) is 9.59 Å². The van der Waals surface area contributed by atoms with Crippen molar-refractivity contribution in [1.29, 1.82) is 0 Å². The number of ketones is 2. The van der Waals surface area contributed by atoms with Gasteiger partial charge in [-0.25, -0.2) is 4.79 Å². The minimum Gasteiger partial charge on any atom is -0.475 e. The molecule has 2 N–H and O–H groups in total. The summed E-state index contributed by atoms with van der Waals surface area (Å²) in [7, 11) is 0. The number of carboxylic acids is 1. The molecule has 6 aliphatic rings. The predicted molar refractivity (Wildman–Crippen MR) is 365 cm³/mol. The number of benzene rings is 3. The van der Waals surface area contributed by atoms with Crippen LogP contribution in [-0.2, 0) is 52.7 Å². The van der Waals surface area contributed by atoms with Gasteiger partial charge in [0.2, 0.25) is 0 Å². The largest absolute Gasteiger partial charge is 0.490 e. The summed E-state index contributed by atoms with van der Waals surface area (Å²) in [5, 5.41) is 17.9. The minimum atomic E-state index is -5.08. The molecule has 3 saturated carbocycles. The second-order valence-electron chi connectivity index (χ2n) is 25.6. The Labute approximate surface area is 552 Å². The molecule has 14 heteroatoms. The second kappa shape index (κ2) is 47.1. The Balaban J connectivity index is 0.000000394. The van der Waals surface area contributed by atoms with E-state index >= 15 is 0 Å². The number of unbranched alkanes of at least 4 members (excludes halogenated alkanes) is 1. The quantitative estimate of drug-likeness (QED) is 0.0837. The van der Waals surface area contributed by atoms with Crippen LogP contribution in [0, 0.1) is 29.6 Å². The van der Waals surface area contributed by atoms with Crippen molar-refractivity contribution in [3.63, 3.8) is 0 Å². The number of hydrogen-bond donors (Lipinski definition) is 2. The number of cyclic esters (lactones) is 1. The Morgan fingerprint density at radius 1 is 0.567 bits per heavy atom. The van der Waals surface area contributed by atoms with E-state index in [1.165, 1.54) is 111 Å². The van der Waals surface area contributed by atoms with Crippen LogP contribution in [0.2, 0.25) is 0 Å². The number of hydrogen-bond acceptors (Lipinski definition) is 8. The highest BCUT2D eigenvalue weighted by molar-refractivity contribution is 6.40. The number of halogens is 5. The number of carbonyl (C=O) groups is 4. The van der Waals surface area contributed by atoms with E-state index < -0.39 is 12.1 Å². The van der Waals surface area contributed by atoms with Crippen molar-refractivity contribution in [3.8, 4) is 0 Å². The number of rotatable bonds is 20. The molecule has 0 spiro atoms. The summed E-state index contributed by atoms with van der Waals surface area (Å²) in [5.74, 6) is 2.22. The molecule has 0 radical (unpaired) electrons. The standard InChI is InChI=1S/C23H36O2.C22H32O2.C17H24O.C6H12O.C4H8O.C2HF3O2.CH2Cl2.CH4/c1-4-6-19(17(3)24)15-16-23(25)22-13-11-21(12-14-22)20-9-7-18(5-2)8-10-20;1-3-5-20-14-15-21(24-22(20)23)19-12-10-18(11-13-19)17-8-6-16(4-2)7-9-17;1-2-13-3-5-14(6-4-13)15-7-9-16(10-8-15)17-11-12-18-17;1-3-4-5-6(2)7;1-2-4-5-3-1;3-2(4,5)1(6)7;2-1-3;/h7-10,19,21-23,25H,4-6,11-16H2,1-3H3;6-9,18-21H,3-5,10-15H2,1-2H3;3-6,15-17H,2,7-12H2,1H3;3-5H2,1-2H3;1-4H2;(H,6,7);1H2;1H4. The van der Waals surface area contributed by atoms with Crippen LogP contribution in [0.25, 0.3) is 0 Å². The lowest BCUT2D eigenvalue weighted by molar-refractivity contribution is -0.192. The summed E-state index contributed by atoms with van der Waals surface area (Å²) >= 11 is 9.53. The maximum absolute atomic E-state index is 12.2. The van der Waals surface area contributed by atoms with Crippen LogP contribution in [0.5, 0.6) is 0 Å². The molecule has 3 heterocycles. The highest BCUT2D eigenvalue weighted by Crippen LogP contribution is 2.43. The molecule has 9 rings (SSSR count). The number of ether oxygens (including phenoxy) is 3. The number of carbonyl (C=O) groups excluding carboxylic acids is 3. The molecule has 3 aliphatic heterocycles. The lowest BCUT2D eigenvalue weighted by Gasteiger charge is -2.38. The summed E-state index contributed by atoms with van der Waals surface area (Å²) in [6.45, 7) is 19.3. The minimum absolute atomic E-state index is 0. The number of Topliss-reactive ketones (excluding diaryl/α,β-unsaturated/α-hetero) is 2. The fourth-order valence-corrected chi connectivity index (χ4v) is 13.4. The summed E-state index contributed by atoms with van der Waals surface area (Å²) in [6.07, 6.45) is 28.4. The van der Waals surface area contributed by atoms with Gasteiger partial charge in [-0.1, -0.05) is 141 Å². The summed E-state index contributed by atoms with van der Waals surface area (Å²) in [4.78, 5) is 42.9. The molecule has 3 aromatic rings. The third kappa shape index (κ3) is 31.9. The molecule has 5 atom stereocenters. The van der Waals surface area contributed by atoms with E-state index in [1.807, 2.05) is 0 Å². The fraction of sp³-hybridized carbons (Fsp3) is 0.711. The normalized spacial score (nSPS) is 24.2. The molecule has 3 aliphatic carbocycles. The van der Waals surface area contributed by atoms with Crippen LogP contribution in [0.15, 0.2) is 72.8 Å². The van der Waals surface area contributed by atoms with Gasteiger partial charge in [-0.15, -0.1) is 23.2 Å². The first-order chi connectivity index (χ1) is 42.7. The third-order valence-electron chi connectivity index (χ3n) is 19.2. The van der Waals surface area contributed by atoms with E-state index in [1.54, 1.807) is 19.4 Å². The van der Waals surface area contributed by atoms with E-state index in [4.69, 9.17) is 47.3 Å². The van der Waals surface area contributed by atoms with Gasteiger partial charge in [0.15, 0.2) is 0 Å². The van der Waals surface area contributed by atoms with E-state index in [2.05, 4.69) is 114 Å². The molecule has 3 aromatic carbocycles. The number of carboxylic acid groups (broad SMARTS) is 1. The number of esters is 1. The molecule has 5 unspecified atom stereocenters. The molecule has 3 saturated heterocycles. The van der Waals surface area contributed by atoms with Gasteiger partial charge in [-0.05, 0) is 243 Å². The van der Waals surface area contributed by atoms with Crippen molar-refractivity contribution in [3.05, 3.63) is 106 Å². The maximum atomic E-state index is 12.2. The molecule has 512 valence electrons. The zero-order chi connectivity index (χ0) is 65.6. The first kappa shape index (κ1) is 82.3. The summed E-state index contributed by atoms with van der Waals surface area (Å²) in [6, 6.07) is 27.6. The number of aliphatic hydroxyl groups is 1. The Kier molecular flexibility index (Phi) is 43.1. The van der Waals surface area contributed by atoms with Crippen molar-refractivity contribution in [2.24, 2.45) is 29.6 Å². The molecule has 90 heavy (non-hydrogen) atoms. The zero-order valence-corrected chi connectivity index (χ0v) is 57.3. The first-order valence-electron chi connectivity index (χ1n) is 34.5. The molecule has 6 fully saturated rings. The van der Waals surface area contributed by atoms with E-state index in [0.717, 1.165) is 134 Å². The predicted octanol–water partition coefficient (Wildman–Crippen LogP) is 20.9. The van der Waals surface area contributed by atoms with Gasteiger partial charge in [-0.2, -0.15) is 13.2 Å². The number of aliphatic hydroxyl groups excluding tert-OH is 1. The van der Waals surface area contributed by atoms with Crippen molar-refractivity contribution >= 4 is 46.7 Å². The van der Waals surface area contributed by atoms with Gasteiger partial charge in [0.1, 0.15) is 17.7 Å². The third-order valence-corrected chi connectivity index (χ3v) is 19.2. The molecular formula is C76H119Cl2F3O9. The smallest absolute Gasteiger partial charge is 0.475 e. The summed E-state index contributed by atoms with van der Waals surface area (Å²) in [5.41, 5.74) is 8.79. The molecule has 0 amide bonds. The Hall–Kier alpha value is -3.81. The van der Waals surface area contributed by atoms with Crippen LogP contribution in [0.1, 0.15) is 281 Å². The van der Waals surface area contributed by atoms with Crippen molar-refractivity contribution in [2.75, 3.05) is 25.2 Å². The highest BCUT2D eigenvalue weighted by Gasteiger charge is 2.39. The Morgan fingerprint density at radius 3 is 1.27 bits per heavy atom. The van der Waals surface area contributed by atoms with Crippen LogP contribution in [0.3, 0.4) is 0 Å². The zero-order valence-electron chi connectivity index (χ0n) is 55.8. The van der Waals surface area contributed by atoms with Gasteiger partial charge in [0.25, 0.3) is 0 Å². The van der Waals surface area contributed by atoms with Crippen LogP contribution >= 0.6 is 23.2 Å². The Morgan fingerprint density at radius 2 is 0.978 bits per heavy atom. The lowest BCUT2D eigenvalue weighted by atomic mass is 9.75. The molecule has 0 bridgehead atoms. The monoisotopic (exact) mass is 1300 g/mol. The second-order valence-corrected chi connectivity index (χ2v) is 26.4. The number of aliphatic carboxylic acids is 1. The number of aryl methyl sites for hydroxylation is 3. The van der Waals surface area contributed by atoms with Gasteiger partial charge < -0.3 is 29.2 Å². The Bertz CT molecular complexity index is 2330. The van der Waals surface area contributed by atoms with E-state index in [-0.39, 0.29) is 48.6 Å². The SMILES string of the molecule is C.C1CCOC1.CCCC(CCC(O)C1CCC(c2ccc(CC)cc2)CC1)C(C)=O.CCCC1CCC(C2CCC(c3ccc(CC)cc3)CC2)OC1=O.CCCCC(C)=O.CCc1ccc(C2CCC(C3CCO3)CC2)cc1.ClCCl.O=C(O)C(F)(F)F. The molecular weight excluding hydrogens is 1180 g/mol. The molecule has 9 nitrogen and oxygen atoms in total. The summed E-state index contributed by atoms with van der Waals surface area (Å²) < 4.78 is 48.1. The van der Waals surface area contributed by atoms with Gasteiger partial charge >= 0.3 is 18.1 Å². The van der Waals surface area contributed by atoms with Gasteiger partial charge in [0.05, 0.1) is 23.5 Å². The van der Waals surface area contributed by atoms with E-state index in [9.17, 15) is 32.7 Å². The maximum Gasteiger partial charge on any atom is 0.490 e. The van der Waals surface area contributed by atoms with Crippen LogP contribution < -0.4 is 0 Å². The van der Waals surface area contributed by atoms with Crippen LogP contribution in [0.4, 0.5) is 13.2 Å². The lowest BCUT2D eigenvalue weighted by Crippen LogP contribution is -2.37. The van der Waals surface area contributed by atoms with Crippen molar-refractivity contribution < 1.29 is 56.8 Å². The van der Waals surface area contributed by atoms with Gasteiger partial charge in [0, 0.05) is 32.2 Å². The van der Waals surface area contributed by atoms with Crippen LogP contribution in [-0.4, -0.2) is 83.4 Å². The van der Waals surface area contributed by atoms with Crippen molar-refractivity contribution in [2.45, 2.75) is 291 Å². The fourth-order valence-electron chi connectivity index (χ4n) is 13.4.